The molecule has 2 aliphatic rings. The van der Waals surface area contributed by atoms with E-state index in [9.17, 15) is 4.79 Å². The fraction of sp³-hybridized carbons (Fsp3) is 0.938. The highest BCUT2D eigenvalue weighted by Crippen LogP contribution is 2.33. The molecule has 1 aliphatic carbocycles. The average Bonchev–Trinajstić information content (AvgIpc) is 2.34. The first kappa shape index (κ1) is 14.0. The third-order valence-corrected chi connectivity index (χ3v) is 4.66. The van der Waals surface area contributed by atoms with E-state index in [1.807, 2.05) is 0 Å². The second kappa shape index (κ2) is 5.73. The minimum absolute atomic E-state index is 0.159. The molecule has 2 heteroatoms. The van der Waals surface area contributed by atoms with Crippen molar-refractivity contribution in [1.82, 2.24) is 5.32 Å². The van der Waals surface area contributed by atoms with E-state index in [1.165, 1.54) is 32.1 Å². The number of nitrogens with one attached hydrogen (secondary N) is 1. The molecular weight excluding hydrogens is 222 g/mol. The fourth-order valence-electron chi connectivity index (χ4n) is 3.42. The molecule has 0 amide bonds. The van der Waals surface area contributed by atoms with Gasteiger partial charge in [0.25, 0.3) is 0 Å². The maximum atomic E-state index is 12.3. The number of piperidine rings is 1. The van der Waals surface area contributed by atoms with Crippen LogP contribution >= 0.6 is 0 Å². The number of ketones is 1. The van der Waals surface area contributed by atoms with Crippen molar-refractivity contribution in [2.24, 2.45) is 11.3 Å². The van der Waals surface area contributed by atoms with Crippen molar-refractivity contribution in [3.8, 4) is 0 Å². The third-order valence-electron chi connectivity index (χ3n) is 4.66. The number of hydrogen-bond acceptors (Lipinski definition) is 2. The Labute approximate surface area is 112 Å². The molecule has 1 N–H and O–H groups in total. The lowest BCUT2D eigenvalue weighted by Gasteiger charge is -2.40. The van der Waals surface area contributed by atoms with Gasteiger partial charge >= 0.3 is 0 Å². The third kappa shape index (κ3) is 3.81. The second-order valence-corrected chi connectivity index (χ2v) is 7.47. The molecule has 0 aromatic carbocycles. The smallest absolute Gasteiger partial charge is 0.149 e. The molecular formula is C16H29NO. The van der Waals surface area contributed by atoms with Gasteiger partial charge in [0.1, 0.15) is 5.78 Å². The maximum Gasteiger partial charge on any atom is 0.149 e. The molecule has 1 aliphatic heterocycles. The first-order valence-electron chi connectivity index (χ1n) is 7.74. The molecule has 0 bridgehead atoms. The molecule has 0 aromatic heterocycles. The molecule has 104 valence electrons. The summed E-state index contributed by atoms with van der Waals surface area (Å²) in [4.78, 5) is 12.3. The van der Waals surface area contributed by atoms with Crippen LogP contribution in [0, 0.1) is 11.3 Å². The number of carbonyl (C=O) groups excluding carboxylic acids is 1. The number of hydrogen-bond donors (Lipinski definition) is 1. The van der Waals surface area contributed by atoms with Crippen molar-refractivity contribution in [3.63, 3.8) is 0 Å². The Balaban J connectivity index is 1.81. The Morgan fingerprint density at radius 3 is 2.56 bits per heavy atom. The molecule has 2 rings (SSSR count). The van der Waals surface area contributed by atoms with Gasteiger partial charge in [-0.05, 0) is 43.4 Å². The zero-order valence-corrected chi connectivity index (χ0v) is 12.3. The lowest BCUT2D eigenvalue weighted by molar-refractivity contribution is -0.122. The van der Waals surface area contributed by atoms with Crippen LogP contribution in [0.5, 0.6) is 0 Å². The number of carbonyl (C=O) groups is 1. The first-order valence-corrected chi connectivity index (χ1v) is 7.74. The van der Waals surface area contributed by atoms with Gasteiger partial charge in [-0.1, -0.05) is 33.6 Å². The minimum atomic E-state index is 0.159. The summed E-state index contributed by atoms with van der Waals surface area (Å²) in [6, 6.07) is 0.794. The van der Waals surface area contributed by atoms with Crippen LogP contribution in [0.2, 0.25) is 0 Å². The monoisotopic (exact) mass is 251 g/mol. The molecule has 1 saturated carbocycles. The van der Waals surface area contributed by atoms with E-state index in [0.717, 1.165) is 25.2 Å². The molecule has 18 heavy (non-hydrogen) atoms. The Morgan fingerprint density at radius 1 is 1.11 bits per heavy atom. The summed E-state index contributed by atoms with van der Waals surface area (Å²) in [7, 11) is 0. The van der Waals surface area contributed by atoms with E-state index in [0.29, 0.717) is 11.8 Å². The van der Waals surface area contributed by atoms with Crippen LogP contribution in [-0.4, -0.2) is 17.9 Å². The Morgan fingerprint density at radius 2 is 1.83 bits per heavy atom. The van der Waals surface area contributed by atoms with Gasteiger partial charge in [0, 0.05) is 12.5 Å². The van der Waals surface area contributed by atoms with Crippen molar-refractivity contribution < 1.29 is 4.79 Å². The van der Waals surface area contributed by atoms with E-state index < -0.39 is 0 Å². The van der Waals surface area contributed by atoms with Crippen LogP contribution in [-0.2, 0) is 4.79 Å². The summed E-state index contributed by atoms with van der Waals surface area (Å²) >= 11 is 0. The maximum absolute atomic E-state index is 12.3. The summed E-state index contributed by atoms with van der Waals surface area (Å²) in [5.41, 5.74) is 0.275. The van der Waals surface area contributed by atoms with Gasteiger partial charge in [0.2, 0.25) is 0 Å². The molecule has 0 spiro atoms. The average molecular weight is 251 g/mol. The lowest BCUT2D eigenvalue weighted by Crippen LogP contribution is -2.52. The summed E-state index contributed by atoms with van der Waals surface area (Å²) in [6.45, 7) is 6.64. The van der Waals surface area contributed by atoms with Crippen LogP contribution in [0.15, 0.2) is 0 Å². The SMILES string of the molecule is CC(C)(C)CCC(=O)C1CCC2CCCCC2N1. The van der Waals surface area contributed by atoms with Gasteiger partial charge < -0.3 is 5.32 Å². The standard InChI is InChI=1S/C16H29NO/c1-16(2,3)11-10-15(18)14-9-8-12-6-4-5-7-13(12)17-14/h12-14,17H,4-11H2,1-3H3. The zero-order valence-electron chi connectivity index (χ0n) is 12.3. The molecule has 2 nitrogen and oxygen atoms in total. The van der Waals surface area contributed by atoms with Crippen molar-refractivity contribution in [2.75, 3.05) is 0 Å². The van der Waals surface area contributed by atoms with Crippen molar-refractivity contribution in [2.45, 2.75) is 84.2 Å². The van der Waals surface area contributed by atoms with Crippen LogP contribution in [0.1, 0.15) is 72.1 Å². The van der Waals surface area contributed by atoms with E-state index in [-0.39, 0.29) is 11.5 Å². The topological polar surface area (TPSA) is 29.1 Å². The van der Waals surface area contributed by atoms with E-state index in [2.05, 4.69) is 26.1 Å². The zero-order chi connectivity index (χ0) is 13.2. The normalized spacial score (nSPS) is 32.9. The molecule has 1 heterocycles. The second-order valence-electron chi connectivity index (χ2n) is 7.47. The summed E-state index contributed by atoms with van der Waals surface area (Å²) in [5.74, 6) is 1.30. The number of rotatable bonds is 3. The van der Waals surface area contributed by atoms with Gasteiger partial charge in [0.05, 0.1) is 6.04 Å². The highest BCUT2D eigenvalue weighted by molar-refractivity contribution is 5.84. The van der Waals surface area contributed by atoms with E-state index in [4.69, 9.17) is 0 Å². The van der Waals surface area contributed by atoms with Crippen LogP contribution < -0.4 is 5.32 Å². The Bertz CT molecular complexity index is 292. The van der Waals surface area contributed by atoms with Gasteiger partial charge in [0.15, 0.2) is 0 Å². The predicted octanol–water partition coefficient (Wildman–Crippen LogP) is 3.69. The summed E-state index contributed by atoms with van der Waals surface area (Å²) in [6.07, 6.45) is 9.50. The van der Waals surface area contributed by atoms with Gasteiger partial charge in [-0.25, -0.2) is 0 Å². The highest BCUT2D eigenvalue weighted by atomic mass is 16.1. The number of fused-ring (bicyclic) bond motifs is 1. The van der Waals surface area contributed by atoms with Gasteiger partial charge in [-0.3, -0.25) is 4.79 Å². The van der Waals surface area contributed by atoms with E-state index >= 15 is 0 Å². The van der Waals surface area contributed by atoms with Gasteiger partial charge in [-0.2, -0.15) is 0 Å². The summed E-state index contributed by atoms with van der Waals surface area (Å²) in [5, 5.41) is 3.64. The van der Waals surface area contributed by atoms with Crippen molar-refractivity contribution >= 4 is 5.78 Å². The van der Waals surface area contributed by atoms with E-state index in [1.54, 1.807) is 0 Å². The van der Waals surface area contributed by atoms with Crippen molar-refractivity contribution in [3.05, 3.63) is 0 Å². The molecule has 3 atom stereocenters. The molecule has 0 radical (unpaired) electrons. The predicted molar refractivity (Wildman–Crippen MR) is 75.6 cm³/mol. The fourth-order valence-corrected chi connectivity index (χ4v) is 3.42. The Hall–Kier alpha value is -0.370. The molecule has 0 aromatic rings. The Kier molecular flexibility index (Phi) is 4.47. The van der Waals surface area contributed by atoms with Crippen LogP contribution in [0.3, 0.4) is 0 Å². The van der Waals surface area contributed by atoms with Gasteiger partial charge in [-0.15, -0.1) is 0 Å². The minimum Gasteiger partial charge on any atom is -0.304 e. The van der Waals surface area contributed by atoms with Crippen molar-refractivity contribution in [1.29, 1.82) is 0 Å². The molecule has 2 fully saturated rings. The van der Waals surface area contributed by atoms with Crippen LogP contribution in [0.25, 0.3) is 0 Å². The molecule has 1 saturated heterocycles. The number of Topliss-reactive ketones (excluding diaryl/α,β-unsaturated/α-hetero) is 1. The lowest BCUT2D eigenvalue weighted by atomic mass is 9.76. The highest BCUT2D eigenvalue weighted by Gasteiger charge is 2.34. The first-order chi connectivity index (χ1) is 8.46. The van der Waals surface area contributed by atoms with Crippen LogP contribution in [0.4, 0.5) is 0 Å². The molecule has 3 unspecified atom stereocenters. The summed E-state index contributed by atoms with van der Waals surface area (Å²) < 4.78 is 0. The largest absolute Gasteiger partial charge is 0.304 e. The quantitative estimate of drug-likeness (QED) is 0.829.